The van der Waals surface area contributed by atoms with E-state index in [0.29, 0.717) is 19.4 Å². The van der Waals surface area contributed by atoms with Crippen molar-refractivity contribution in [2.24, 2.45) is 11.7 Å². The van der Waals surface area contributed by atoms with E-state index in [1.54, 1.807) is 0 Å². The first-order valence-corrected chi connectivity index (χ1v) is 7.77. The Morgan fingerprint density at radius 2 is 2.16 bits per heavy atom. The first-order valence-electron chi connectivity index (χ1n) is 5.92. The van der Waals surface area contributed by atoms with Gasteiger partial charge in [-0.1, -0.05) is 0 Å². The molecule has 1 aliphatic heterocycles. The molecule has 0 bridgehead atoms. The summed E-state index contributed by atoms with van der Waals surface area (Å²) in [5.41, 5.74) is 4.85. The van der Waals surface area contributed by atoms with Gasteiger partial charge in [0.25, 0.3) is 0 Å². The minimum absolute atomic E-state index is 0.122. The van der Waals surface area contributed by atoms with Crippen LogP contribution in [0.4, 0.5) is 0 Å². The number of rotatable bonds is 5. The second kappa shape index (κ2) is 6.31. The average Bonchev–Trinajstić information content (AvgIpc) is 2.34. The van der Waals surface area contributed by atoms with E-state index >= 15 is 0 Å². The third-order valence-electron chi connectivity index (χ3n) is 3.02. The molecule has 9 heteroatoms. The van der Waals surface area contributed by atoms with E-state index in [9.17, 15) is 18.0 Å². The number of hydrogen-bond donors (Lipinski definition) is 3. The van der Waals surface area contributed by atoms with Crippen LogP contribution in [-0.2, 0) is 19.6 Å². The molecule has 2 atom stereocenters. The number of hydrogen-bond acceptors (Lipinski definition) is 5. The number of aliphatic hydroxyl groups is 1. The topological polar surface area (TPSA) is 130 Å². The molecule has 110 valence electrons. The molecule has 0 aromatic carbocycles. The molecule has 1 rings (SSSR count). The number of sulfonamides is 1. The molecule has 0 spiro atoms. The van der Waals surface area contributed by atoms with Crippen LogP contribution in [0.15, 0.2) is 0 Å². The summed E-state index contributed by atoms with van der Waals surface area (Å²) in [4.78, 5) is 22.4. The number of nitrogens with zero attached hydrogens (tertiary/aromatic N) is 1. The minimum atomic E-state index is -3.31. The Morgan fingerprint density at radius 3 is 2.68 bits per heavy atom. The summed E-state index contributed by atoms with van der Waals surface area (Å²) in [6.07, 6.45) is 0.844. The normalized spacial score (nSPS) is 22.7. The zero-order valence-electron chi connectivity index (χ0n) is 10.7. The van der Waals surface area contributed by atoms with Crippen LogP contribution < -0.4 is 11.1 Å². The molecular formula is C10H19N3O5S. The lowest BCUT2D eigenvalue weighted by Gasteiger charge is -2.30. The van der Waals surface area contributed by atoms with Gasteiger partial charge in [0.2, 0.25) is 21.8 Å². The van der Waals surface area contributed by atoms with Gasteiger partial charge in [-0.25, -0.2) is 12.7 Å². The molecule has 1 aliphatic rings. The Balaban J connectivity index is 2.51. The van der Waals surface area contributed by atoms with E-state index in [1.165, 1.54) is 4.31 Å². The van der Waals surface area contributed by atoms with Gasteiger partial charge in [-0.15, -0.1) is 0 Å². The number of piperidine rings is 1. The summed E-state index contributed by atoms with van der Waals surface area (Å²) in [5, 5.41) is 11.6. The van der Waals surface area contributed by atoms with Crippen molar-refractivity contribution in [1.29, 1.82) is 0 Å². The SMILES string of the molecule is CS(=O)(=O)N1CCCC(C(=O)NCC(O)C(N)=O)C1. The van der Waals surface area contributed by atoms with Crippen LogP contribution >= 0.6 is 0 Å². The number of nitrogens with two attached hydrogens (primary N) is 1. The van der Waals surface area contributed by atoms with Crippen molar-refractivity contribution in [3.8, 4) is 0 Å². The molecule has 0 saturated carbocycles. The third-order valence-corrected chi connectivity index (χ3v) is 4.29. The van der Waals surface area contributed by atoms with E-state index in [4.69, 9.17) is 10.8 Å². The monoisotopic (exact) mass is 293 g/mol. The average molecular weight is 293 g/mol. The summed E-state index contributed by atoms with van der Waals surface area (Å²) in [7, 11) is -3.31. The third kappa shape index (κ3) is 4.77. The number of nitrogens with one attached hydrogen (secondary N) is 1. The lowest BCUT2D eigenvalue weighted by Crippen LogP contribution is -2.47. The molecule has 0 aromatic rings. The molecule has 2 amide bonds. The molecule has 1 saturated heterocycles. The van der Waals surface area contributed by atoms with Gasteiger partial charge >= 0.3 is 0 Å². The van der Waals surface area contributed by atoms with Gasteiger partial charge in [-0.3, -0.25) is 9.59 Å². The van der Waals surface area contributed by atoms with Gasteiger partial charge < -0.3 is 16.2 Å². The Morgan fingerprint density at radius 1 is 1.53 bits per heavy atom. The summed E-state index contributed by atoms with van der Waals surface area (Å²) in [6.45, 7) is 0.271. The molecule has 0 radical (unpaired) electrons. The quantitative estimate of drug-likeness (QED) is 0.521. The van der Waals surface area contributed by atoms with E-state index in [2.05, 4.69) is 5.32 Å². The Kier molecular flexibility index (Phi) is 5.27. The predicted molar refractivity (Wildman–Crippen MR) is 67.4 cm³/mol. The summed E-state index contributed by atoms with van der Waals surface area (Å²) in [6, 6.07) is 0. The first kappa shape index (κ1) is 15.9. The van der Waals surface area contributed by atoms with Crippen LogP contribution in [0.5, 0.6) is 0 Å². The summed E-state index contributed by atoms with van der Waals surface area (Å²) < 4.78 is 24.1. The highest BCUT2D eigenvalue weighted by atomic mass is 32.2. The molecular weight excluding hydrogens is 274 g/mol. The van der Waals surface area contributed by atoms with Gasteiger partial charge in [-0.2, -0.15) is 0 Å². The van der Waals surface area contributed by atoms with Crippen molar-refractivity contribution >= 4 is 21.8 Å². The fraction of sp³-hybridized carbons (Fsp3) is 0.800. The van der Waals surface area contributed by atoms with Crippen LogP contribution in [0.1, 0.15) is 12.8 Å². The summed E-state index contributed by atoms with van der Waals surface area (Å²) >= 11 is 0. The standard InChI is InChI=1S/C10H19N3O5S/c1-19(17,18)13-4-2-3-7(6-13)10(16)12-5-8(14)9(11)15/h7-8,14H,2-6H2,1H3,(H2,11,15)(H,12,16). The van der Waals surface area contributed by atoms with Crippen molar-refractivity contribution in [3.63, 3.8) is 0 Å². The van der Waals surface area contributed by atoms with Crippen LogP contribution in [0.2, 0.25) is 0 Å². The number of carbonyl (C=O) groups is 2. The zero-order valence-corrected chi connectivity index (χ0v) is 11.5. The van der Waals surface area contributed by atoms with Gasteiger partial charge in [0.15, 0.2) is 0 Å². The second-order valence-corrected chi connectivity index (χ2v) is 6.61. The van der Waals surface area contributed by atoms with Crippen LogP contribution in [0.25, 0.3) is 0 Å². The molecule has 1 heterocycles. The van der Waals surface area contributed by atoms with Gasteiger partial charge in [0.1, 0.15) is 6.10 Å². The Bertz CT molecular complexity index is 450. The second-order valence-electron chi connectivity index (χ2n) is 4.62. The number of aliphatic hydroxyl groups excluding tert-OH is 1. The fourth-order valence-electron chi connectivity index (χ4n) is 1.90. The number of amides is 2. The van der Waals surface area contributed by atoms with Crippen LogP contribution in [0, 0.1) is 5.92 Å². The smallest absolute Gasteiger partial charge is 0.248 e. The maximum Gasteiger partial charge on any atom is 0.248 e. The van der Waals surface area contributed by atoms with Crippen LogP contribution in [0.3, 0.4) is 0 Å². The van der Waals surface area contributed by atoms with Crippen LogP contribution in [-0.4, -0.2) is 61.6 Å². The Labute approximate surface area is 112 Å². The first-order chi connectivity index (χ1) is 8.71. The predicted octanol–water partition coefficient (Wildman–Crippen LogP) is -2.38. The van der Waals surface area contributed by atoms with Gasteiger partial charge in [0.05, 0.1) is 18.7 Å². The van der Waals surface area contributed by atoms with Crippen molar-refractivity contribution in [2.75, 3.05) is 25.9 Å². The van der Waals surface area contributed by atoms with E-state index < -0.39 is 28.0 Å². The maximum absolute atomic E-state index is 11.8. The van der Waals surface area contributed by atoms with Crippen molar-refractivity contribution in [1.82, 2.24) is 9.62 Å². The number of primary amides is 1. The van der Waals surface area contributed by atoms with E-state index in [1.807, 2.05) is 0 Å². The van der Waals surface area contributed by atoms with E-state index in [0.717, 1.165) is 6.26 Å². The number of carbonyl (C=O) groups excluding carboxylic acids is 2. The molecule has 0 aliphatic carbocycles. The lowest BCUT2D eigenvalue weighted by molar-refractivity contribution is -0.128. The maximum atomic E-state index is 11.8. The van der Waals surface area contributed by atoms with E-state index in [-0.39, 0.29) is 19.0 Å². The van der Waals surface area contributed by atoms with Crippen molar-refractivity contribution in [2.45, 2.75) is 18.9 Å². The zero-order chi connectivity index (χ0) is 14.6. The molecule has 19 heavy (non-hydrogen) atoms. The Hall–Kier alpha value is -1.19. The molecule has 8 nitrogen and oxygen atoms in total. The van der Waals surface area contributed by atoms with Gasteiger partial charge in [-0.05, 0) is 12.8 Å². The van der Waals surface area contributed by atoms with Crippen molar-refractivity contribution < 1.29 is 23.1 Å². The van der Waals surface area contributed by atoms with Gasteiger partial charge in [0, 0.05) is 13.1 Å². The fourth-order valence-corrected chi connectivity index (χ4v) is 2.81. The lowest BCUT2D eigenvalue weighted by atomic mass is 9.99. The largest absolute Gasteiger partial charge is 0.381 e. The molecule has 2 unspecified atom stereocenters. The highest BCUT2D eigenvalue weighted by molar-refractivity contribution is 7.88. The molecule has 4 N–H and O–H groups in total. The summed E-state index contributed by atoms with van der Waals surface area (Å²) in [5.74, 6) is -1.76. The molecule has 1 fully saturated rings. The highest BCUT2D eigenvalue weighted by Gasteiger charge is 2.30. The highest BCUT2D eigenvalue weighted by Crippen LogP contribution is 2.18. The molecule has 0 aromatic heterocycles. The van der Waals surface area contributed by atoms with Crippen molar-refractivity contribution in [3.05, 3.63) is 0 Å². The minimum Gasteiger partial charge on any atom is -0.381 e.